The van der Waals surface area contributed by atoms with Crippen LogP contribution in [0.25, 0.3) is 0 Å². The molecule has 0 spiro atoms. The molecule has 0 aliphatic rings. The first kappa shape index (κ1) is 17.3. The second kappa shape index (κ2) is 6.46. The highest BCUT2D eigenvalue weighted by Gasteiger charge is 2.19. The molecule has 0 atom stereocenters. The van der Waals surface area contributed by atoms with Crippen molar-refractivity contribution in [3.05, 3.63) is 0 Å². The van der Waals surface area contributed by atoms with Crippen LogP contribution in [0.2, 0.25) is 39.3 Å². The van der Waals surface area contributed by atoms with Crippen molar-refractivity contribution in [1.82, 2.24) is 0 Å². The van der Waals surface area contributed by atoms with E-state index < -0.39 is 26.5 Å². The molecule has 104 valence electrons. The van der Waals surface area contributed by atoms with Gasteiger partial charge in [0.2, 0.25) is 0 Å². The first-order valence-corrected chi connectivity index (χ1v) is 14.5. The highest BCUT2D eigenvalue weighted by Crippen LogP contribution is 2.05. The van der Waals surface area contributed by atoms with Crippen LogP contribution >= 0.6 is 0 Å². The van der Waals surface area contributed by atoms with Crippen LogP contribution in [0.1, 0.15) is 0 Å². The standard InChI is InChI=1S/C10H26O4SSi2/c1-16(2,3)13-7-9-15(11,12)10-8-14-17(4,5)6/h7-10H2,1-6H3. The average Bonchev–Trinajstić information content (AvgIpc) is 1.96. The molecular formula is C10H26O4SSi2. The maximum atomic E-state index is 11.7. The largest absolute Gasteiger partial charge is 0.417 e. The van der Waals surface area contributed by atoms with Gasteiger partial charge >= 0.3 is 0 Å². The lowest BCUT2D eigenvalue weighted by Gasteiger charge is -2.18. The zero-order valence-corrected chi connectivity index (χ0v) is 14.7. The first-order chi connectivity index (χ1) is 7.41. The van der Waals surface area contributed by atoms with Crippen molar-refractivity contribution in [2.24, 2.45) is 0 Å². The van der Waals surface area contributed by atoms with E-state index in [0.717, 1.165) is 0 Å². The summed E-state index contributed by atoms with van der Waals surface area (Å²) in [5, 5.41) is 0. The molecule has 0 saturated heterocycles. The van der Waals surface area contributed by atoms with Gasteiger partial charge in [-0.3, -0.25) is 0 Å². The summed E-state index contributed by atoms with van der Waals surface area (Å²) in [4.78, 5) is 0. The Bertz CT molecular complexity index is 288. The van der Waals surface area contributed by atoms with Crippen molar-refractivity contribution in [1.29, 1.82) is 0 Å². The highest BCUT2D eigenvalue weighted by atomic mass is 32.2. The number of rotatable bonds is 8. The third kappa shape index (κ3) is 12.5. The van der Waals surface area contributed by atoms with Crippen molar-refractivity contribution in [2.45, 2.75) is 39.3 Å². The Kier molecular flexibility index (Phi) is 6.58. The van der Waals surface area contributed by atoms with Gasteiger partial charge in [0.1, 0.15) is 0 Å². The Morgan fingerprint density at radius 3 is 1.29 bits per heavy atom. The molecule has 0 aromatic rings. The lowest BCUT2D eigenvalue weighted by Crippen LogP contribution is -2.31. The molecule has 0 rings (SSSR count). The van der Waals surface area contributed by atoms with E-state index in [1.807, 2.05) is 39.3 Å². The Morgan fingerprint density at radius 1 is 0.765 bits per heavy atom. The second-order valence-electron chi connectivity index (χ2n) is 6.07. The average molecular weight is 299 g/mol. The van der Waals surface area contributed by atoms with Crippen molar-refractivity contribution in [2.75, 3.05) is 24.7 Å². The van der Waals surface area contributed by atoms with Crippen LogP contribution in [-0.4, -0.2) is 49.8 Å². The van der Waals surface area contributed by atoms with E-state index >= 15 is 0 Å². The molecule has 0 unspecified atom stereocenters. The van der Waals surface area contributed by atoms with Crippen LogP contribution in [0.4, 0.5) is 0 Å². The van der Waals surface area contributed by atoms with Crippen LogP contribution in [0.15, 0.2) is 0 Å². The van der Waals surface area contributed by atoms with E-state index in [1.165, 1.54) is 0 Å². The van der Waals surface area contributed by atoms with E-state index in [9.17, 15) is 8.42 Å². The molecule has 7 heteroatoms. The third-order valence-electron chi connectivity index (χ3n) is 1.86. The molecule has 0 aliphatic carbocycles. The zero-order valence-electron chi connectivity index (χ0n) is 11.9. The van der Waals surface area contributed by atoms with E-state index in [0.29, 0.717) is 13.2 Å². The summed E-state index contributed by atoms with van der Waals surface area (Å²) >= 11 is 0. The fraction of sp³-hybridized carbons (Fsp3) is 1.00. The van der Waals surface area contributed by atoms with Gasteiger partial charge in [0.15, 0.2) is 26.5 Å². The lowest BCUT2D eigenvalue weighted by molar-refractivity contribution is 0.328. The molecule has 0 bridgehead atoms. The second-order valence-corrected chi connectivity index (χ2v) is 17.4. The van der Waals surface area contributed by atoms with Crippen molar-refractivity contribution in [3.8, 4) is 0 Å². The van der Waals surface area contributed by atoms with Crippen LogP contribution < -0.4 is 0 Å². The van der Waals surface area contributed by atoms with E-state index in [1.54, 1.807) is 0 Å². The van der Waals surface area contributed by atoms with Gasteiger partial charge in [-0.05, 0) is 39.3 Å². The number of hydrogen-bond donors (Lipinski definition) is 0. The minimum atomic E-state index is -3.03. The first-order valence-electron chi connectivity index (χ1n) is 5.90. The smallest absolute Gasteiger partial charge is 0.183 e. The minimum absolute atomic E-state index is 0.104. The molecule has 4 nitrogen and oxygen atoms in total. The molecule has 0 aromatic carbocycles. The molecule has 0 radical (unpaired) electrons. The van der Waals surface area contributed by atoms with E-state index in [-0.39, 0.29) is 11.5 Å². The summed E-state index contributed by atoms with van der Waals surface area (Å²) in [6.07, 6.45) is 0. The summed E-state index contributed by atoms with van der Waals surface area (Å²) in [7, 11) is -6.25. The predicted molar refractivity (Wildman–Crippen MR) is 77.2 cm³/mol. The molecule has 0 heterocycles. The van der Waals surface area contributed by atoms with Crippen molar-refractivity contribution >= 4 is 26.5 Å². The Morgan fingerprint density at radius 2 is 1.06 bits per heavy atom. The molecule has 0 aliphatic heterocycles. The van der Waals surface area contributed by atoms with Gasteiger partial charge in [0.05, 0.1) is 11.5 Å². The van der Waals surface area contributed by atoms with Crippen LogP contribution in [0.5, 0.6) is 0 Å². The topological polar surface area (TPSA) is 52.6 Å². The lowest BCUT2D eigenvalue weighted by atomic mass is 10.9. The van der Waals surface area contributed by atoms with Crippen LogP contribution in [-0.2, 0) is 18.7 Å². The van der Waals surface area contributed by atoms with Gasteiger partial charge < -0.3 is 8.85 Å². The van der Waals surface area contributed by atoms with Gasteiger partial charge in [-0.25, -0.2) is 8.42 Å². The van der Waals surface area contributed by atoms with Gasteiger partial charge in [0, 0.05) is 13.2 Å². The van der Waals surface area contributed by atoms with Crippen LogP contribution in [0.3, 0.4) is 0 Å². The molecule has 0 amide bonds. The molecule has 0 fully saturated rings. The monoisotopic (exact) mass is 298 g/mol. The van der Waals surface area contributed by atoms with Crippen LogP contribution in [0, 0.1) is 0 Å². The van der Waals surface area contributed by atoms with Gasteiger partial charge in [-0.15, -0.1) is 0 Å². The predicted octanol–water partition coefficient (Wildman–Crippen LogP) is 2.10. The quantitative estimate of drug-likeness (QED) is 0.644. The number of hydrogen-bond acceptors (Lipinski definition) is 4. The van der Waals surface area contributed by atoms with Crippen molar-refractivity contribution < 1.29 is 17.3 Å². The third-order valence-corrected chi connectivity index (χ3v) is 5.58. The van der Waals surface area contributed by atoms with Gasteiger partial charge in [0.25, 0.3) is 0 Å². The minimum Gasteiger partial charge on any atom is -0.417 e. The zero-order chi connectivity index (χ0) is 13.7. The fourth-order valence-corrected chi connectivity index (χ4v) is 3.66. The molecule has 17 heavy (non-hydrogen) atoms. The normalized spacial score (nSPS) is 14.0. The molecule has 0 saturated carbocycles. The van der Waals surface area contributed by atoms with E-state index in [4.69, 9.17) is 8.85 Å². The van der Waals surface area contributed by atoms with E-state index in [2.05, 4.69) is 0 Å². The maximum absolute atomic E-state index is 11.7. The summed E-state index contributed by atoms with van der Waals surface area (Å²) < 4.78 is 34.4. The fourth-order valence-electron chi connectivity index (χ4n) is 1.05. The Balaban J connectivity index is 3.90. The number of sulfone groups is 1. The molecule has 0 aromatic heterocycles. The Labute approximate surface area is 108 Å². The highest BCUT2D eigenvalue weighted by molar-refractivity contribution is 7.91. The maximum Gasteiger partial charge on any atom is 0.183 e. The van der Waals surface area contributed by atoms with Gasteiger partial charge in [-0.1, -0.05) is 0 Å². The summed E-state index contributed by atoms with van der Waals surface area (Å²) in [5.74, 6) is 0.207. The van der Waals surface area contributed by atoms with Crippen molar-refractivity contribution in [3.63, 3.8) is 0 Å². The SMILES string of the molecule is C[Si](C)(C)OCCS(=O)(=O)CCO[Si](C)(C)C. The Hall–Kier alpha value is 0.304. The summed E-state index contributed by atoms with van der Waals surface area (Å²) in [5.41, 5.74) is 0. The van der Waals surface area contributed by atoms with Gasteiger partial charge in [-0.2, -0.15) is 0 Å². The molecule has 0 N–H and O–H groups in total. The summed E-state index contributed by atoms with van der Waals surface area (Å²) in [6, 6.07) is 0. The molecular weight excluding hydrogens is 272 g/mol. The summed E-state index contributed by atoms with van der Waals surface area (Å²) in [6.45, 7) is 12.9.